The summed E-state index contributed by atoms with van der Waals surface area (Å²) in [5.41, 5.74) is 1.60. The number of nitrogens with zero attached hydrogens (tertiary/aromatic N) is 1. The van der Waals surface area contributed by atoms with Gasteiger partial charge in [0.2, 0.25) is 5.88 Å². The molecule has 2 N–H and O–H groups in total. The van der Waals surface area contributed by atoms with Crippen LogP contribution in [0.1, 0.15) is 18.9 Å². The molecular formula is C13H17F2N3O. The molecule has 6 heteroatoms. The quantitative estimate of drug-likeness (QED) is 0.761. The third-order valence-corrected chi connectivity index (χ3v) is 2.27. The van der Waals surface area contributed by atoms with Crippen LogP contribution in [-0.2, 0) is 6.54 Å². The zero-order valence-electron chi connectivity index (χ0n) is 10.7. The van der Waals surface area contributed by atoms with E-state index in [-0.39, 0.29) is 5.88 Å². The van der Waals surface area contributed by atoms with Gasteiger partial charge in [-0.15, -0.1) is 0 Å². The van der Waals surface area contributed by atoms with E-state index in [0.29, 0.717) is 12.4 Å². The molecule has 0 aliphatic carbocycles. The van der Waals surface area contributed by atoms with Crippen molar-refractivity contribution < 1.29 is 13.5 Å². The Hall–Kier alpha value is -2.11. The Kier molecular flexibility index (Phi) is 5.78. The molecular weight excluding hydrogens is 252 g/mol. The van der Waals surface area contributed by atoms with Gasteiger partial charge in [0.05, 0.1) is 5.82 Å². The summed E-state index contributed by atoms with van der Waals surface area (Å²) >= 11 is 0. The minimum absolute atomic E-state index is 0.106. The van der Waals surface area contributed by atoms with Crippen molar-refractivity contribution in [3.8, 4) is 5.88 Å². The molecule has 0 aliphatic heterocycles. The summed E-state index contributed by atoms with van der Waals surface area (Å²) in [5.74, 6) is 0.492. The molecule has 0 spiro atoms. The van der Waals surface area contributed by atoms with Crippen LogP contribution in [-0.4, -0.2) is 11.6 Å². The maximum absolute atomic E-state index is 12.0. The van der Waals surface area contributed by atoms with E-state index in [1.165, 1.54) is 12.3 Å². The number of hydrogen-bond acceptors (Lipinski definition) is 4. The van der Waals surface area contributed by atoms with Crippen LogP contribution in [0.2, 0.25) is 0 Å². The van der Waals surface area contributed by atoms with Gasteiger partial charge in [-0.3, -0.25) is 0 Å². The summed E-state index contributed by atoms with van der Waals surface area (Å²) in [6.07, 6.45) is 2.21. The van der Waals surface area contributed by atoms with Crippen LogP contribution in [0.15, 0.2) is 43.0 Å². The SMILES string of the molecule is C=C(CC)NC(=C)NCc1ccnc(OC(F)F)c1. The first-order chi connectivity index (χ1) is 9.01. The zero-order valence-corrected chi connectivity index (χ0v) is 10.7. The van der Waals surface area contributed by atoms with Gasteiger partial charge in [0.1, 0.15) is 0 Å². The van der Waals surface area contributed by atoms with Crippen LogP contribution in [0.4, 0.5) is 8.78 Å². The lowest BCUT2D eigenvalue weighted by molar-refractivity contribution is -0.0528. The molecule has 1 heterocycles. The van der Waals surface area contributed by atoms with E-state index >= 15 is 0 Å². The molecule has 1 aromatic rings. The predicted octanol–water partition coefficient (Wildman–Crippen LogP) is 2.76. The van der Waals surface area contributed by atoms with Crippen molar-refractivity contribution >= 4 is 0 Å². The number of halogens is 2. The Labute approximate surface area is 111 Å². The van der Waals surface area contributed by atoms with Crippen molar-refractivity contribution in [2.75, 3.05) is 0 Å². The minimum atomic E-state index is -2.87. The molecule has 0 radical (unpaired) electrons. The summed E-state index contributed by atoms with van der Waals surface area (Å²) in [6, 6.07) is 3.15. The van der Waals surface area contributed by atoms with E-state index in [9.17, 15) is 8.78 Å². The molecule has 19 heavy (non-hydrogen) atoms. The fourth-order valence-corrected chi connectivity index (χ4v) is 1.27. The maximum Gasteiger partial charge on any atom is 0.388 e. The standard InChI is InChI=1S/C13H17F2N3O/c1-4-9(2)18-10(3)17-8-11-5-6-16-12(7-11)19-13(14)15/h5-7,13,17-18H,2-4,8H2,1H3. The molecule has 104 valence electrons. The lowest BCUT2D eigenvalue weighted by Crippen LogP contribution is -2.24. The smallest absolute Gasteiger partial charge is 0.388 e. The van der Waals surface area contributed by atoms with E-state index in [1.54, 1.807) is 6.07 Å². The highest BCUT2D eigenvalue weighted by atomic mass is 19.3. The van der Waals surface area contributed by atoms with Crippen molar-refractivity contribution in [1.82, 2.24) is 15.6 Å². The van der Waals surface area contributed by atoms with Crippen LogP contribution < -0.4 is 15.4 Å². The second kappa shape index (κ2) is 7.35. The average Bonchev–Trinajstić information content (AvgIpc) is 2.36. The van der Waals surface area contributed by atoms with Crippen molar-refractivity contribution in [2.45, 2.75) is 26.5 Å². The van der Waals surface area contributed by atoms with E-state index < -0.39 is 6.61 Å². The molecule has 1 rings (SSSR count). The van der Waals surface area contributed by atoms with E-state index in [0.717, 1.165) is 17.7 Å². The lowest BCUT2D eigenvalue weighted by Gasteiger charge is -2.13. The molecule has 0 saturated heterocycles. The van der Waals surface area contributed by atoms with E-state index in [1.807, 2.05) is 6.92 Å². The fraction of sp³-hybridized carbons (Fsp3) is 0.308. The first-order valence-electron chi connectivity index (χ1n) is 5.78. The highest BCUT2D eigenvalue weighted by Gasteiger charge is 2.06. The number of ether oxygens (including phenoxy) is 1. The van der Waals surface area contributed by atoms with Crippen molar-refractivity contribution in [1.29, 1.82) is 0 Å². The molecule has 1 aromatic heterocycles. The third kappa shape index (κ3) is 5.85. The number of allylic oxidation sites excluding steroid dienone is 1. The molecule has 0 amide bonds. The summed E-state index contributed by atoms with van der Waals surface area (Å²) in [7, 11) is 0. The third-order valence-electron chi connectivity index (χ3n) is 2.27. The molecule has 0 saturated carbocycles. The van der Waals surface area contributed by atoms with Gasteiger partial charge in [-0.1, -0.05) is 20.1 Å². The number of alkyl halides is 2. The maximum atomic E-state index is 12.0. The van der Waals surface area contributed by atoms with Crippen LogP contribution in [0, 0.1) is 0 Å². The van der Waals surface area contributed by atoms with Crippen LogP contribution in [0.3, 0.4) is 0 Å². The van der Waals surface area contributed by atoms with Crippen LogP contribution in [0.5, 0.6) is 5.88 Å². The van der Waals surface area contributed by atoms with Crippen molar-refractivity contribution in [3.05, 3.63) is 48.6 Å². The van der Waals surface area contributed by atoms with Gasteiger partial charge in [0.15, 0.2) is 0 Å². The van der Waals surface area contributed by atoms with Crippen molar-refractivity contribution in [3.63, 3.8) is 0 Å². The van der Waals surface area contributed by atoms with Gasteiger partial charge in [0, 0.05) is 24.5 Å². The van der Waals surface area contributed by atoms with Crippen molar-refractivity contribution in [2.24, 2.45) is 0 Å². The van der Waals surface area contributed by atoms with Gasteiger partial charge in [-0.25, -0.2) is 4.98 Å². The van der Waals surface area contributed by atoms with Gasteiger partial charge in [-0.05, 0) is 18.1 Å². The lowest BCUT2D eigenvalue weighted by atomic mass is 10.2. The van der Waals surface area contributed by atoms with Gasteiger partial charge >= 0.3 is 6.61 Å². The average molecular weight is 269 g/mol. The minimum Gasteiger partial charge on any atom is -0.417 e. The highest BCUT2D eigenvalue weighted by molar-refractivity contribution is 5.21. The van der Waals surface area contributed by atoms with E-state index in [4.69, 9.17) is 0 Å². The van der Waals surface area contributed by atoms with Gasteiger partial charge in [0.25, 0.3) is 0 Å². The molecule has 4 nitrogen and oxygen atoms in total. The summed E-state index contributed by atoms with van der Waals surface area (Å²) < 4.78 is 28.3. The molecule has 0 aliphatic rings. The molecule has 0 fully saturated rings. The number of aromatic nitrogens is 1. The van der Waals surface area contributed by atoms with Crippen LogP contribution >= 0.6 is 0 Å². The highest BCUT2D eigenvalue weighted by Crippen LogP contribution is 2.12. The Morgan fingerprint density at radius 2 is 2.21 bits per heavy atom. The normalized spacial score (nSPS) is 10.1. The Bertz CT molecular complexity index is 449. The summed E-state index contributed by atoms with van der Waals surface area (Å²) in [6.45, 7) is 7.09. The summed E-state index contributed by atoms with van der Waals surface area (Å²) in [4.78, 5) is 3.69. The Morgan fingerprint density at radius 3 is 2.84 bits per heavy atom. The predicted molar refractivity (Wildman–Crippen MR) is 69.4 cm³/mol. The number of rotatable bonds is 8. The molecule has 0 unspecified atom stereocenters. The second-order valence-corrected chi connectivity index (χ2v) is 3.80. The topological polar surface area (TPSA) is 46.2 Å². The van der Waals surface area contributed by atoms with E-state index in [2.05, 4.69) is 33.5 Å². The van der Waals surface area contributed by atoms with Gasteiger partial charge < -0.3 is 15.4 Å². The monoisotopic (exact) mass is 269 g/mol. The summed E-state index contributed by atoms with van der Waals surface area (Å²) in [5, 5.41) is 5.99. The molecule has 0 bridgehead atoms. The first-order valence-corrected chi connectivity index (χ1v) is 5.78. The van der Waals surface area contributed by atoms with Gasteiger partial charge in [-0.2, -0.15) is 8.78 Å². The number of nitrogens with one attached hydrogen (secondary N) is 2. The van der Waals surface area contributed by atoms with Crippen LogP contribution in [0.25, 0.3) is 0 Å². The number of hydrogen-bond donors (Lipinski definition) is 2. The number of pyridine rings is 1. The fourth-order valence-electron chi connectivity index (χ4n) is 1.27. The largest absolute Gasteiger partial charge is 0.417 e. The first kappa shape index (κ1) is 14.9. The molecule has 0 aromatic carbocycles. The molecule has 0 atom stereocenters. The second-order valence-electron chi connectivity index (χ2n) is 3.80. The zero-order chi connectivity index (χ0) is 14.3. The Balaban J connectivity index is 2.49. The Morgan fingerprint density at radius 1 is 1.47 bits per heavy atom.